The molecule has 1 heterocycles. The van der Waals surface area contributed by atoms with Crippen LogP contribution < -0.4 is 10.5 Å². The monoisotopic (exact) mass is 217 g/mol. The molecular formula is C12H11NO3. The Balaban J connectivity index is 2.31. The fourth-order valence-corrected chi connectivity index (χ4v) is 1.33. The van der Waals surface area contributed by atoms with Crippen LogP contribution >= 0.6 is 0 Å². The van der Waals surface area contributed by atoms with Crippen LogP contribution in [-0.4, -0.2) is 5.91 Å². The second-order valence-corrected chi connectivity index (χ2v) is 3.33. The summed E-state index contributed by atoms with van der Waals surface area (Å²) in [6.45, 7) is 1.81. The van der Waals surface area contributed by atoms with Gasteiger partial charge in [-0.1, -0.05) is 12.1 Å². The summed E-state index contributed by atoms with van der Waals surface area (Å²) in [5.74, 6) is 0.945. The Morgan fingerprint density at radius 3 is 2.62 bits per heavy atom. The molecule has 2 rings (SSSR count). The van der Waals surface area contributed by atoms with Crippen molar-refractivity contribution < 1.29 is 13.9 Å². The summed E-state index contributed by atoms with van der Waals surface area (Å²) in [5, 5.41) is 0. The number of aryl methyl sites for hydroxylation is 1. The first-order chi connectivity index (χ1) is 7.66. The lowest BCUT2D eigenvalue weighted by Gasteiger charge is -2.05. The highest BCUT2D eigenvalue weighted by Gasteiger charge is 2.10. The lowest BCUT2D eigenvalue weighted by Crippen LogP contribution is -2.11. The van der Waals surface area contributed by atoms with Crippen molar-refractivity contribution in [3.63, 3.8) is 0 Å². The molecule has 0 aliphatic rings. The predicted molar refractivity (Wildman–Crippen MR) is 58.5 cm³/mol. The minimum absolute atomic E-state index is 0.330. The molecule has 0 fully saturated rings. The summed E-state index contributed by atoms with van der Waals surface area (Å²) in [6.07, 6.45) is 0. The van der Waals surface area contributed by atoms with Gasteiger partial charge in [0.05, 0.1) is 5.56 Å². The summed E-state index contributed by atoms with van der Waals surface area (Å²) >= 11 is 0. The third-order valence-electron chi connectivity index (χ3n) is 2.08. The van der Waals surface area contributed by atoms with Gasteiger partial charge in [-0.05, 0) is 25.1 Å². The van der Waals surface area contributed by atoms with E-state index in [4.69, 9.17) is 14.9 Å². The summed E-state index contributed by atoms with van der Waals surface area (Å²) in [6, 6.07) is 10.2. The Bertz CT molecular complexity index is 516. The van der Waals surface area contributed by atoms with Crippen LogP contribution in [0.15, 0.2) is 40.8 Å². The first-order valence-corrected chi connectivity index (χ1v) is 4.80. The molecule has 82 valence electrons. The highest BCUT2D eigenvalue weighted by atomic mass is 16.6. The van der Waals surface area contributed by atoms with Crippen LogP contribution in [0.2, 0.25) is 0 Å². The van der Waals surface area contributed by atoms with Crippen LogP contribution in [0.25, 0.3) is 0 Å². The maximum Gasteiger partial charge on any atom is 0.290 e. The topological polar surface area (TPSA) is 65.5 Å². The predicted octanol–water partition coefficient (Wildman–Crippen LogP) is 2.48. The van der Waals surface area contributed by atoms with Gasteiger partial charge in [-0.3, -0.25) is 4.79 Å². The van der Waals surface area contributed by atoms with E-state index in [1.807, 2.05) is 6.92 Å². The third kappa shape index (κ3) is 2.06. The smallest absolute Gasteiger partial charge is 0.290 e. The summed E-state index contributed by atoms with van der Waals surface area (Å²) in [4.78, 5) is 11.1. The lowest BCUT2D eigenvalue weighted by molar-refractivity contribution is 0.0997. The summed E-state index contributed by atoms with van der Waals surface area (Å²) in [5.41, 5.74) is 5.55. The van der Waals surface area contributed by atoms with Crippen molar-refractivity contribution in [3.05, 3.63) is 47.7 Å². The normalized spacial score (nSPS) is 10.1. The van der Waals surface area contributed by atoms with Crippen LogP contribution in [0.4, 0.5) is 0 Å². The van der Waals surface area contributed by atoms with Gasteiger partial charge in [0.2, 0.25) is 0 Å². The molecule has 0 atom stereocenters. The number of hydrogen-bond donors (Lipinski definition) is 1. The zero-order chi connectivity index (χ0) is 11.5. The van der Waals surface area contributed by atoms with Gasteiger partial charge in [0.15, 0.2) is 0 Å². The molecule has 2 N–H and O–H groups in total. The highest BCUT2D eigenvalue weighted by molar-refractivity contribution is 5.95. The zero-order valence-electron chi connectivity index (χ0n) is 8.77. The van der Waals surface area contributed by atoms with E-state index in [0.29, 0.717) is 17.3 Å². The molecule has 1 aromatic heterocycles. The minimum atomic E-state index is -0.529. The molecule has 1 amide bonds. The minimum Gasteiger partial charge on any atom is -0.431 e. The van der Waals surface area contributed by atoms with Crippen molar-refractivity contribution in [1.82, 2.24) is 0 Å². The van der Waals surface area contributed by atoms with E-state index in [2.05, 4.69) is 0 Å². The third-order valence-corrected chi connectivity index (χ3v) is 2.08. The SMILES string of the molecule is Cc1ccc(Oc2ccccc2C(N)=O)o1. The molecule has 16 heavy (non-hydrogen) atoms. The number of benzene rings is 1. The average Bonchev–Trinajstić information content (AvgIpc) is 2.64. The van der Waals surface area contributed by atoms with Crippen molar-refractivity contribution in [3.8, 4) is 11.7 Å². The van der Waals surface area contributed by atoms with Crippen LogP contribution in [0, 0.1) is 6.92 Å². The van der Waals surface area contributed by atoms with Gasteiger partial charge in [-0.15, -0.1) is 0 Å². The van der Waals surface area contributed by atoms with Crippen LogP contribution in [0.1, 0.15) is 16.1 Å². The summed E-state index contributed by atoms with van der Waals surface area (Å²) < 4.78 is 10.7. The molecule has 0 saturated carbocycles. The van der Waals surface area contributed by atoms with Gasteiger partial charge < -0.3 is 14.9 Å². The number of amides is 1. The largest absolute Gasteiger partial charge is 0.431 e. The maximum atomic E-state index is 11.1. The fraction of sp³-hybridized carbons (Fsp3) is 0.0833. The van der Waals surface area contributed by atoms with Gasteiger partial charge in [0.25, 0.3) is 11.9 Å². The van der Waals surface area contributed by atoms with Crippen molar-refractivity contribution in [2.45, 2.75) is 6.92 Å². The molecule has 4 nitrogen and oxygen atoms in total. The van der Waals surface area contributed by atoms with Crippen LogP contribution in [0.3, 0.4) is 0 Å². The first kappa shape index (κ1) is 10.3. The molecule has 0 aliphatic carbocycles. The number of nitrogens with two attached hydrogens (primary N) is 1. The van der Waals surface area contributed by atoms with E-state index in [-0.39, 0.29) is 0 Å². The Morgan fingerprint density at radius 1 is 1.25 bits per heavy atom. The van der Waals surface area contributed by atoms with Gasteiger partial charge in [0.1, 0.15) is 11.5 Å². The van der Waals surface area contributed by atoms with Gasteiger partial charge in [-0.2, -0.15) is 0 Å². The van der Waals surface area contributed by atoms with Gasteiger partial charge in [0, 0.05) is 6.07 Å². The fourth-order valence-electron chi connectivity index (χ4n) is 1.33. The number of furan rings is 1. The number of rotatable bonds is 3. The molecule has 0 unspecified atom stereocenters. The molecule has 0 saturated heterocycles. The van der Waals surface area contributed by atoms with E-state index < -0.39 is 5.91 Å². The molecule has 0 spiro atoms. The molecule has 0 bridgehead atoms. The average molecular weight is 217 g/mol. The standard InChI is InChI=1S/C12H11NO3/c1-8-6-7-11(15-8)16-10-5-3-2-4-9(10)12(13)14/h2-7H,1H3,(H2,13,14). The molecule has 1 aromatic carbocycles. The lowest BCUT2D eigenvalue weighted by atomic mass is 10.2. The quantitative estimate of drug-likeness (QED) is 0.858. The van der Waals surface area contributed by atoms with E-state index in [0.717, 1.165) is 5.76 Å². The molecule has 4 heteroatoms. The zero-order valence-corrected chi connectivity index (χ0v) is 8.77. The molecule has 2 aromatic rings. The number of carbonyl (C=O) groups is 1. The number of primary amides is 1. The molecule has 0 radical (unpaired) electrons. The van der Waals surface area contributed by atoms with Crippen molar-refractivity contribution >= 4 is 5.91 Å². The van der Waals surface area contributed by atoms with E-state index in [9.17, 15) is 4.79 Å². The van der Waals surface area contributed by atoms with Crippen molar-refractivity contribution in [2.24, 2.45) is 5.73 Å². The highest BCUT2D eigenvalue weighted by Crippen LogP contribution is 2.26. The van der Waals surface area contributed by atoms with Crippen molar-refractivity contribution in [2.75, 3.05) is 0 Å². The summed E-state index contributed by atoms with van der Waals surface area (Å²) in [7, 11) is 0. The number of hydrogen-bond acceptors (Lipinski definition) is 3. The Kier molecular flexibility index (Phi) is 2.64. The number of carbonyl (C=O) groups excluding carboxylic acids is 1. The molecule has 0 aliphatic heterocycles. The molecular weight excluding hydrogens is 206 g/mol. The Labute approximate surface area is 92.6 Å². The van der Waals surface area contributed by atoms with Crippen LogP contribution in [0.5, 0.6) is 11.7 Å². The Hall–Kier alpha value is -2.23. The van der Waals surface area contributed by atoms with E-state index >= 15 is 0 Å². The first-order valence-electron chi connectivity index (χ1n) is 4.80. The number of ether oxygens (including phenoxy) is 1. The van der Waals surface area contributed by atoms with Gasteiger partial charge >= 0.3 is 0 Å². The van der Waals surface area contributed by atoms with Crippen LogP contribution in [-0.2, 0) is 0 Å². The van der Waals surface area contributed by atoms with Crippen molar-refractivity contribution in [1.29, 1.82) is 0 Å². The maximum absolute atomic E-state index is 11.1. The van der Waals surface area contributed by atoms with Gasteiger partial charge in [-0.25, -0.2) is 0 Å². The van der Waals surface area contributed by atoms with E-state index in [1.54, 1.807) is 36.4 Å². The second kappa shape index (κ2) is 4.10. The van der Waals surface area contributed by atoms with E-state index in [1.165, 1.54) is 0 Å². The Morgan fingerprint density at radius 2 is 2.00 bits per heavy atom. The second-order valence-electron chi connectivity index (χ2n) is 3.33. The number of para-hydroxylation sites is 1.